The number of hydrogen-bond acceptors (Lipinski definition) is 4. The summed E-state index contributed by atoms with van der Waals surface area (Å²) in [5.74, 6) is 0.348. The van der Waals surface area contributed by atoms with E-state index in [2.05, 4.69) is 29.1 Å². The van der Waals surface area contributed by atoms with Crippen LogP contribution in [0.15, 0.2) is 11.1 Å². The predicted octanol–water partition coefficient (Wildman–Crippen LogP) is 4.46. The van der Waals surface area contributed by atoms with Gasteiger partial charge in [0.2, 0.25) is 5.82 Å². The molecule has 1 heterocycles. The summed E-state index contributed by atoms with van der Waals surface area (Å²) in [6.07, 6.45) is -2.71. The average molecular weight is 307 g/mol. The molecule has 0 bridgehead atoms. The number of anilines is 1. The van der Waals surface area contributed by atoms with Crippen LogP contribution >= 0.6 is 11.8 Å². The molecule has 0 spiro atoms. The SMILES string of the molecule is CCCNc1cc(SCC(C)CC)nc(C(F)(F)F)n1. The molecule has 0 radical (unpaired) electrons. The van der Waals surface area contributed by atoms with E-state index < -0.39 is 12.0 Å². The largest absolute Gasteiger partial charge is 0.451 e. The topological polar surface area (TPSA) is 37.8 Å². The molecule has 0 aliphatic carbocycles. The molecular formula is C13H20F3N3S. The highest BCUT2D eigenvalue weighted by molar-refractivity contribution is 7.99. The van der Waals surface area contributed by atoms with Crippen molar-refractivity contribution in [3.05, 3.63) is 11.9 Å². The molecule has 7 heteroatoms. The molecule has 0 saturated heterocycles. The number of nitrogens with zero attached hydrogens (tertiary/aromatic N) is 2. The number of rotatable bonds is 7. The number of nitrogens with one attached hydrogen (secondary N) is 1. The Morgan fingerprint density at radius 1 is 1.30 bits per heavy atom. The quantitative estimate of drug-likeness (QED) is 0.596. The van der Waals surface area contributed by atoms with Gasteiger partial charge < -0.3 is 5.32 Å². The zero-order valence-corrected chi connectivity index (χ0v) is 12.7. The smallest absolute Gasteiger partial charge is 0.370 e. The normalized spacial score (nSPS) is 13.3. The zero-order chi connectivity index (χ0) is 15.2. The number of thioether (sulfide) groups is 1. The van der Waals surface area contributed by atoms with Crippen molar-refractivity contribution in [2.75, 3.05) is 17.6 Å². The van der Waals surface area contributed by atoms with Crippen LogP contribution in [0.3, 0.4) is 0 Å². The van der Waals surface area contributed by atoms with Crippen molar-refractivity contribution >= 4 is 17.6 Å². The van der Waals surface area contributed by atoms with Crippen LogP contribution in [-0.2, 0) is 6.18 Å². The monoisotopic (exact) mass is 307 g/mol. The van der Waals surface area contributed by atoms with Crippen LogP contribution in [0.5, 0.6) is 0 Å². The van der Waals surface area contributed by atoms with E-state index in [1.165, 1.54) is 11.8 Å². The van der Waals surface area contributed by atoms with Gasteiger partial charge in [-0.2, -0.15) is 13.2 Å². The second-order valence-electron chi connectivity index (χ2n) is 4.66. The van der Waals surface area contributed by atoms with Crippen molar-refractivity contribution in [2.45, 2.75) is 44.8 Å². The zero-order valence-electron chi connectivity index (χ0n) is 11.9. The van der Waals surface area contributed by atoms with Crippen molar-refractivity contribution < 1.29 is 13.2 Å². The van der Waals surface area contributed by atoms with E-state index in [9.17, 15) is 13.2 Å². The molecule has 0 aliphatic heterocycles. The van der Waals surface area contributed by atoms with E-state index in [4.69, 9.17) is 0 Å². The standard InChI is InChI=1S/C13H20F3N3S/c1-4-6-17-10-7-11(20-8-9(3)5-2)19-12(18-10)13(14,15)16/h7,9H,4-6,8H2,1-3H3,(H,17,18,19). The summed E-state index contributed by atoms with van der Waals surface area (Å²) in [5.41, 5.74) is 0. The van der Waals surface area contributed by atoms with Crippen LogP contribution in [0.4, 0.5) is 19.0 Å². The molecule has 1 atom stereocenters. The molecule has 0 aromatic carbocycles. The Morgan fingerprint density at radius 3 is 2.55 bits per heavy atom. The van der Waals surface area contributed by atoms with Gasteiger partial charge in [-0.1, -0.05) is 27.2 Å². The van der Waals surface area contributed by atoms with E-state index in [-0.39, 0.29) is 5.82 Å². The van der Waals surface area contributed by atoms with Crippen LogP contribution in [-0.4, -0.2) is 22.3 Å². The van der Waals surface area contributed by atoms with Crippen molar-refractivity contribution in [1.29, 1.82) is 0 Å². The number of hydrogen-bond donors (Lipinski definition) is 1. The highest BCUT2D eigenvalue weighted by Crippen LogP contribution is 2.30. The third kappa shape index (κ3) is 5.56. The molecule has 0 fully saturated rings. The first-order valence-electron chi connectivity index (χ1n) is 6.69. The summed E-state index contributed by atoms with van der Waals surface area (Å²) in [7, 11) is 0. The minimum atomic E-state index is -4.52. The highest BCUT2D eigenvalue weighted by Gasteiger charge is 2.35. The van der Waals surface area contributed by atoms with Gasteiger partial charge in [0.25, 0.3) is 0 Å². The van der Waals surface area contributed by atoms with Gasteiger partial charge in [0.05, 0.1) is 0 Å². The van der Waals surface area contributed by atoms with Gasteiger partial charge in [-0.15, -0.1) is 11.8 Å². The number of alkyl halides is 3. The van der Waals surface area contributed by atoms with Crippen LogP contribution in [0, 0.1) is 5.92 Å². The van der Waals surface area contributed by atoms with Crippen molar-refractivity contribution in [2.24, 2.45) is 5.92 Å². The Hall–Kier alpha value is -0.980. The first-order valence-corrected chi connectivity index (χ1v) is 7.68. The lowest BCUT2D eigenvalue weighted by Gasteiger charge is -2.12. The molecule has 114 valence electrons. The second-order valence-corrected chi connectivity index (χ2v) is 5.70. The van der Waals surface area contributed by atoms with Crippen molar-refractivity contribution in [1.82, 2.24) is 9.97 Å². The number of aromatic nitrogens is 2. The second kappa shape index (κ2) is 7.71. The van der Waals surface area contributed by atoms with Crippen LogP contribution in [0.25, 0.3) is 0 Å². The van der Waals surface area contributed by atoms with Crippen molar-refractivity contribution in [3.8, 4) is 0 Å². The summed E-state index contributed by atoms with van der Waals surface area (Å²) >= 11 is 1.34. The lowest BCUT2D eigenvalue weighted by atomic mass is 10.2. The van der Waals surface area contributed by atoms with Crippen LogP contribution < -0.4 is 5.32 Å². The van der Waals surface area contributed by atoms with Gasteiger partial charge >= 0.3 is 6.18 Å². The minimum Gasteiger partial charge on any atom is -0.370 e. The van der Waals surface area contributed by atoms with Crippen LogP contribution in [0.1, 0.15) is 39.4 Å². The molecule has 1 aromatic rings. The van der Waals surface area contributed by atoms with Gasteiger partial charge in [0.15, 0.2) is 0 Å². The van der Waals surface area contributed by atoms with Gasteiger partial charge in [0, 0.05) is 18.4 Å². The summed E-state index contributed by atoms with van der Waals surface area (Å²) < 4.78 is 38.3. The Morgan fingerprint density at radius 2 is 2.00 bits per heavy atom. The molecule has 3 nitrogen and oxygen atoms in total. The molecule has 0 amide bonds. The molecule has 0 aliphatic rings. The Balaban J connectivity index is 2.91. The van der Waals surface area contributed by atoms with E-state index in [0.29, 0.717) is 17.5 Å². The Labute approximate surface area is 121 Å². The van der Waals surface area contributed by atoms with E-state index in [1.54, 1.807) is 6.07 Å². The maximum atomic E-state index is 12.8. The molecule has 0 saturated carbocycles. The third-order valence-corrected chi connectivity index (χ3v) is 3.97. The fourth-order valence-electron chi connectivity index (χ4n) is 1.31. The maximum Gasteiger partial charge on any atom is 0.451 e. The van der Waals surface area contributed by atoms with Gasteiger partial charge in [0.1, 0.15) is 10.8 Å². The van der Waals surface area contributed by atoms with Crippen molar-refractivity contribution in [3.63, 3.8) is 0 Å². The lowest BCUT2D eigenvalue weighted by molar-refractivity contribution is -0.145. The average Bonchev–Trinajstić information content (AvgIpc) is 2.41. The third-order valence-electron chi connectivity index (χ3n) is 2.72. The number of halogens is 3. The molecule has 1 N–H and O–H groups in total. The molecular weight excluding hydrogens is 287 g/mol. The Kier molecular flexibility index (Phi) is 6.58. The van der Waals surface area contributed by atoms with E-state index in [0.717, 1.165) is 18.6 Å². The lowest BCUT2D eigenvalue weighted by Crippen LogP contribution is -2.14. The molecule has 20 heavy (non-hydrogen) atoms. The Bertz CT molecular complexity index is 424. The van der Waals surface area contributed by atoms with Gasteiger partial charge in [-0.05, 0) is 12.3 Å². The maximum absolute atomic E-state index is 12.8. The molecule has 1 aromatic heterocycles. The summed E-state index contributed by atoms with van der Waals surface area (Å²) in [5, 5.41) is 3.25. The first-order chi connectivity index (χ1) is 9.36. The van der Waals surface area contributed by atoms with E-state index >= 15 is 0 Å². The molecule has 1 rings (SSSR count). The fourth-order valence-corrected chi connectivity index (χ4v) is 2.35. The summed E-state index contributed by atoms with van der Waals surface area (Å²) in [4.78, 5) is 7.13. The van der Waals surface area contributed by atoms with E-state index in [1.807, 2.05) is 6.92 Å². The highest BCUT2D eigenvalue weighted by atomic mass is 32.2. The summed E-state index contributed by atoms with van der Waals surface area (Å²) in [6.45, 7) is 6.65. The fraction of sp³-hybridized carbons (Fsp3) is 0.692. The van der Waals surface area contributed by atoms with Gasteiger partial charge in [-0.3, -0.25) is 0 Å². The molecule has 1 unspecified atom stereocenters. The van der Waals surface area contributed by atoms with Gasteiger partial charge in [-0.25, -0.2) is 9.97 Å². The predicted molar refractivity (Wildman–Crippen MR) is 76.0 cm³/mol. The minimum absolute atomic E-state index is 0.237. The summed E-state index contributed by atoms with van der Waals surface area (Å²) in [6, 6.07) is 1.58. The first kappa shape index (κ1) is 17.1. The van der Waals surface area contributed by atoms with Crippen LogP contribution in [0.2, 0.25) is 0 Å².